The van der Waals surface area contributed by atoms with E-state index in [9.17, 15) is 9.70 Å². The maximum atomic E-state index is 11.1. The quantitative estimate of drug-likeness (QED) is 0.732. The third kappa shape index (κ3) is 2.16. The summed E-state index contributed by atoms with van der Waals surface area (Å²) in [6, 6.07) is 8.32. The summed E-state index contributed by atoms with van der Waals surface area (Å²) >= 11 is 0. The Labute approximate surface area is 82.1 Å². The van der Waals surface area contributed by atoms with Crippen LogP contribution in [0.15, 0.2) is 35.5 Å². The molecule has 0 radical (unpaired) electrons. The first kappa shape index (κ1) is 10.4. The molecule has 4 nitrogen and oxygen atoms in total. The van der Waals surface area contributed by atoms with E-state index in [1.54, 1.807) is 31.2 Å². The topological polar surface area (TPSA) is 72.5 Å². The fraction of sp³-hybridized carbons (Fsp3) is 0.300. The molecule has 0 aliphatic rings. The van der Waals surface area contributed by atoms with E-state index in [0.29, 0.717) is 0 Å². The molecule has 0 bridgehead atoms. The molecule has 2 atom stereocenters. The van der Waals surface area contributed by atoms with Crippen LogP contribution in [0.25, 0.3) is 0 Å². The van der Waals surface area contributed by atoms with E-state index in [4.69, 9.17) is 5.73 Å². The van der Waals surface area contributed by atoms with Crippen LogP contribution in [-0.4, -0.2) is 11.9 Å². The molecule has 1 rings (SSSR count). The molecule has 0 aliphatic heterocycles. The molecule has 4 heteroatoms. The zero-order chi connectivity index (χ0) is 10.6. The Morgan fingerprint density at radius 1 is 1.36 bits per heavy atom. The van der Waals surface area contributed by atoms with Gasteiger partial charge in [0.1, 0.15) is 6.04 Å². The molecule has 1 amide bonds. The Bertz CT molecular complexity index is 324. The van der Waals surface area contributed by atoms with Gasteiger partial charge in [-0.25, -0.2) is 0 Å². The fourth-order valence-electron chi connectivity index (χ4n) is 1.40. The van der Waals surface area contributed by atoms with E-state index in [0.717, 1.165) is 5.56 Å². The number of nitrogens with two attached hydrogens (primary N) is 1. The molecule has 0 aromatic heterocycles. The van der Waals surface area contributed by atoms with Gasteiger partial charge in [0.25, 0.3) is 0 Å². The highest BCUT2D eigenvalue weighted by Gasteiger charge is 2.25. The SMILES string of the molecule is CC(N=O)C(C(N)=O)c1ccccc1. The Morgan fingerprint density at radius 3 is 2.36 bits per heavy atom. The molecule has 0 spiro atoms. The number of benzene rings is 1. The van der Waals surface area contributed by atoms with E-state index in [1.807, 2.05) is 6.07 Å². The average molecular weight is 192 g/mol. The number of amides is 1. The van der Waals surface area contributed by atoms with Gasteiger partial charge in [0.2, 0.25) is 5.91 Å². The number of rotatable bonds is 4. The smallest absolute Gasteiger partial charge is 0.227 e. The molecule has 2 N–H and O–H groups in total. The average Bonchev–Trinajstić information content (AvgIpc) is 2.19. The van der Waals surface area contributed by atoms with Crippen molar-refractivity contribution in [3.63, 3.8) is 0 Å². The Kier molecular flexibility index (Phi) is 3.34. The second-order valence-electron chi connectivity index (χ2n) is 3.14. The van der Waals surface area contributed by atoms with Crippen LogP contribution in [0.1, 0.15) is 18.4 Å². The van der Waals surface area contributed by atoms with Gasteiger partial charge in [-0.05, 0) is 12.5 Å². The molecule has 2 unspecified atom stereocenters. The predicted molar refractivity (Wildman–Crippen MR) is 53.6 cm³/mol. The van der Waals surface area contributed by atoms with Crippen molar-refractivity contribution in [2.75, 3.05) is 0 Å². The normalized spacial score (nSPS) is 14.4. The van der Waals surface area contributed by atoms with E-state index < -0.39 is 17.9 Å². The summed E-state index contributed by atoms with van der Waals surface area (Å²) in [4.78, 5) is 21.5. The Balaban J connectivity index is 3.00. The lowest BCUT2D eigenvalue weighted by molar-refractivity contribution is -0.119. The molecular formula is C10H12N2O2. The first-order chi connectivity index (χ1) is 6.66. The maximum Gasteiger partial charge on any atom is 0.227 e. The van der Waals surface area contributed by atoms with Crippen molar-refractivity contribution in [3.05, 3.63) is 40.8 Å². The largest absolute Gasteiger partial charge is 0.369 e. The first-order valence-electron chi connectivity index (χ1n) is 4.33. The number of carbonyl (C=O) groups excluding carboxylic acids is 1. The highest BCUT2D eigenvalue weighted by molar-refractivity contribution is 5.82. The lowest BCUT2D eigenvalue weighted by Gasteiger charge is -2.14. The summed E-state index contributed by atoms with van der Waals surface area (Å²) in [6.07, 6.45) is 0. The number of carbonyl (C=O) groups is 1. The van der Waals surface area contributed by atoms with Crippen LogP contribution in [0.5, 0.6) is 0 Å². The van der Waals surface area contributed by atoms with Gasteiger partial charge in [0.05, 0.1) is 5.92 Å². The number of hydrogen-bond donors (Lipinski definition) is 1. The summed E-state index contributed by atoms with van der Waals surface area (Å²) in [5.74, 6) is -1.16. The highest BCUT2D eigenvalue weighted by Crippen LogP contribution is 2.20. The highest BCUT2D eigenvalue weighted by atomic mass is 16.3. The van der Waals surface area contributed by atoms with Gasteiger partial charge < -0.3 is 5.73 Å². The monoisotopic (exact) mass is 192 g/mol. The van der Waals surface area contributed by atoms with Crippen LogP contribution in [0.4, 0.5) is 0 Å². The minimum atomic E-state index is -0.631. The van der Waals surface area contributed by atoms with Crippen LogP contribution in [-0.2, 0) is 4.79 Å². The van der Waals surface area contributed by atoms with Crippen molar-refractivity contribution in [2.24, 2.45) is 10.9 Å². The number of nitroso groups, excluding NO2 is 1. The third-order valence-electron chi connectivity index (χ3n) is 2.11. The summed E-state index contributed by atoms with van der Waals surface area (Å²) in [5, 5.41) is 2.84. The van der Waals surface area contributed by atoms with Gasteiger partial charge in [-0.2, -0.15) is 4.91 Å². The first-order valence-corrected chi connectivity index (χ1v) is 4.33. The number of hydrogen-bond acceptors (Lipinski definition) is 3. The molecule has 0 saturated carbocycles. The van der Waals surface area contributed by atoms with E-state index >= 15 is 0 Å². The van der Waals surface area contributed by atoms with Crippen molar-refractivity contribution in [1.82, 2.24) is 0 Å². The summed E-state index contributed by atoms with van der Waals surface area (Å²) in [5.41, 5.74) is 5.94. The molecule has 74 valence electrons. The van der Waals surface area contributed by atoms with Crippen molar-refractivity contribution < 1.29 is 4.79 Å². The van der Waals surface area contributed by atoms with Crippen molar-refractivity contribution >= 4 is 5.91 Å². The lowest BCUT2D eigenvalue weighted by atomic mass is 9.92. The molecular weight excluding hydrogens is 180 g/mol. The summed E-state index contributed by atoms with van der Waals surface area (Å²) < 4.78 is 0. The Morgan fingerprint density at radius 2 is 1.93 bits per heavy atom. The minimum absolute atomic E-state index is 0.525. The van der Waals surface area contributed by atoms with Gasteiger partial charge in [-0.3, -0.25) is 4.79 Å². The number of primary amides is 1. The molecule has 0 fully saturated rings. The van der Waals surface area contributed by atoms with Crippen molar-refractivity contribution in [3.8, 4) is 0 Å². The zero-order valence-electron chi connectivity index (χ0n) is 7.88. The van der Waals surface area contributed by atoms with Crippen molar-refractivity contribution in [2.45, 2.75) is 18.9 Å². The lowest BCUT2D eigenvalue weighted by Crippen LogP contribution is -2.28. The summed E-state index contributed by atoms with van der Waals surface area (Å²) in [6.45, 7) is 1.58. The van der Waals surface area contributed by atoms with E-state index in [-0.39, 0.29) is 0 Å². The van der Waals surface area contributed by atoms with Crippen molar-refractivity contribution in [1.29, 1.82) is 0 Å². The molecule has 14 heavy (non-hydrogen) atoms. The van der Waals surface area contributed by atoms with E-state index in [1.165, 1.54) is 0 Å². The van der Waals surface area contributed by atoms with E-state index in [2.05, 4.69) is 5.18 Å². The van der Waals surface area contributed by atoms with Crippen LogP contribution in [0.3, 0.4) is 0 Å². The second-order valence-corrected chi connectivity index (χ2v) is 3.14. The van der Waals surface area contributed by atoms with Crippen LogP contribution < -0.4 is 5.73 Å². The minimum Gasteiger partial charge on any atom is -0.369 e. The third-order valence-corrected chi connectivity index (χ3v) is 2.11. The fourth-order valence-corrected chi connectivity index (χ4v) is 1.40. The summed E-state index contributed by atoms with van der Waals surface area (Å²) in [7, 11) is 0. The zero-order valence-corrected chi connectivity index (χ0v) is 7.88. The molecule has 1 aromatic carbocycles. The second kappa shape index (κ2) is 4.50. The molecule has 1 aromatic rings. The van der Waals surface area contributed by atoms with Gasteiger partial charge in [-0.15, -0.1) is 0 Å². The van der Waals surface area contributed by atoms with Crippen LogP contribution >= 0.6 is 0 Å². The van der Waals surface area contributed by atoms with Gasteiger partial charge in [-0.1, -0.05) is 35.5 Å². The van der Waals surface area contributed by atoms with Gasteiger partial charge in [0.15, 0.2) is 0 Å². The maximum absolute atomic E-state index is 11.1. The Hall–Kier alpha value is -1.71. The molecule has 0 aliphatic carbocycles. The molecule has 0 saturated heterocycles. The van der Waals surface area contributed by atoms with Gasteiger partial charge in [0, 0.05) is 0 Å². The molecule has 0 heterocycles. The van der Waals surface area contributed by atoms with Crippen LogP contribution in [0.2, 0.25) is 0 Å². The number of nitrogens with zero attached hydrogens (tertiary/aromatic N) is 1. The standard InChI is InChI=1S/C10H12N2O2/c1-7(12-14)9(10(11)13)8-5-3-2-4-6-8/h2-7,9H,1H3,(H2,11,13). The van der Waals surface area contributed by atoms with Crippen LogP contribution in [0, 0.1) is 4.91 Å². The van der Waals surface area contributed by atoms with Gasteiger partial charge >= 0.3 is 0 Å². The predicted octanol–water partition coefficient (Wildman–Crippen LogP) is 1.41.